The van der Waals surface area contributed by atoms with E-state index in [9.17, 15) is 9.90 Å². The molecular formula is C18H18ClNO3. The number of ether oxygens (including phenoxy) is 1. The topological polar surface area (TPSA) is 49.8 Å². The molecule has 0 aromatic heterocycles. The maximum absolute atomic E-state index is 12.1. The quantitative estimate of drug-likeness (QED) is 0.914. The molecule has 0 unspecified atom stereocenters. The predicted molar refractivity (Wildman–Crippen MR) is 88.9 cm³/mol. The molecule has 1 aliphatic heterocycles. The van der Waals surface area contributed by atoms with Gasteiger partial charge >= 0.3 is 0 Å². The van der Waals surface area contributed by atoms with Gasteiger partial charge in [-0.3, -0.25) is 4.79 Å². The zero-order chi connectivity index (χ0) is 16.2. The maximum Gasteiger partial charge on any atom is 0.223 e. The van der Waals surface area contributed by atoms with Crippen LogP contribution in [0.4, 0.5) is 0 Å². The lowest BCUT2D eigenvalue weighted by Crippen LogP contribution is -2.56. The molecule has 0 aliphatic carbocycles. The number of halogens is 1. The molecule has 0 saturated carbocycles. The van der Waals surface area contributed by atoms with Gasteiger partial charge in [-0.15, -0.1) is 0 Å². The molecule has 5 heteroatoms. The Morgan fingerprint density at radius 2 is 2.00 bits per heavy atom. The lowest BCUT2D eigenvalue weighted by molar-refractivity contribution is -0.139. The van der Waals surface area contributed by atoms with Gasteiger partial charge in [-0.2, -0.15) is 0 Å². The molecule has 0 spiro atoms. The Labute approximate surface area is 140 Å². The first kappa shape index (κ1) is 15.7. The number of likely N-dealkylation sites (tertiary alicyclic amines) is 1. The average Bonchev–Trinajstić information content (AvgIpc) is 2.48. The molecule has 23 heavy (non-hydrogen) atoms. The molecule has 1 amide bonds. The number of amides is 1. The smallest absolute Gasteiger partial charge is 0.223 e. The number of rotatable bonds is 5. The van der Waals surface area contributed by atoms with E-state index in [1.54, 1.807) is 35.2 Å². The molecule has 1 heterocycles. The van der Waals surface area contributed by atoms with E-state index in [4.69, 9.17) is 16.3 Å². The largest absolute Gasteiger partial charge is 0.508 e. The Hall–Kier alpha value is -2.20. The number of carbonyl (C=O) groups is 1. The molecule has 2 aromatic carbocycles. The molecule has 4 nitrogen and oxygen atoms in total. The lowest BCUT2D eigenvalue weighted by atomic mass is 10.1. The van der Waals surface area contributed by atoms with Crippen molar-refractivity contribution in [2.24, 2.45) is 0 Å². The normalized spacial score (nSPS) is 14.4. The summed E-state index contributed by atoms with van der Waals surface area (Å²) < 4.78 is 5.78. The second-order valence-electron chi connectivity index (χ2n) is 5.67. The number of hydrogen-bond donors (Lipinski definition) is 1. The van der Waals surface area contributed by atoms with Crippen molar-refractivity contribution in [3.05, 3.63) is 59.1 Å². The third kappa shape index (κ3) is 4.17. The SMILES string of the molecule is O=C(CCc1cccc(O)c1)N1CC(Oc2cccc(Cl)c2)C1. The number of phenols is 1. The van der Waals surface area contributed by atoms with Gasteiger partial charge in [0.15, 0.2) is 0 Å². The summed E-state index contributed by atoms with van der Waals surface area (Å²) in [5.41, 5.74) is 0.964. The summed E-state index contributed by atoms with van der Waals surface area (Å²) in [6, 6.07) is 14.3. The summed E-state index contributed by atoms with van der Waals surface area (Å²) in [4.78, 5) is 13.9. The number of benzene rings is 2. The van der Waals surface area contributed by atoms with Crippen LogP contribution in [-0.4, -0.2) is 35.1 Å². The molecule has 1 N–H and O–H groups in total. The zero-order valence-electron chi connectivity index (χ0n) is 12.6. The second kappa shape index (κ2) is 6.92. The van der Waals surface area contributed by atoms with Crippen molar-refractivity contribution in [2.75, 3.05) is 13.1 Å². The number of aryl methyl sites for hydroxylation is 1. The second-order valence-corrected chi connectivity index (χ2v) is 6.10. The number of carbonyl (C=O) groups excluding carboxylic acids is 1. The van der Waals surface area contributed by atoms with Crippen LogP contribution in [0.1, 0.15) is 12.0 Å². The van der Waals surface area contributed by atoms with E-state index in [-0.39, 0.29) is 17.8 Å². The summed E-state index contributed by atoms with van der Waals surface area (Å²) in [6.07, 6.45) is 1.09. The number of nitrogens with zero attached hydrogens (tertiary/aromatic N) is 1. The van der Waals surface area contributed by atoms with E-state index in [1.165, 1.54) is 0 Å². The molecule has 1 saturated heterocycles. The predicted octanol–water partition coefficient (Wildman–Crippen LogP) is 3.27. The highest BCUT2D eigenvalue weighted by atomic mass is 35.5. The van der Waals surface area contributed by atoms with E-state index in [1.807, 2.05) is 18.2 Å². The summed E-state index contributed by atoms with van der Waals surface area (Å²) in [5.74, 6) is 1.07. The van der Waals surface area contributed by atoms with Crippen LogP contribution in [0.25, 0.3) is 0 Å². The molecule has 2 aromatic rings. The van der Waals surface area contributed by atoms with Gasteiger partial charge in [0.2, 0.25) is 5.91 Å². The van der Waals surface area contributed by atoms with Gasteiger partial charge in [0.1, 0.15) is 17.6 Å². The Kier molecular flexibility index (Phi) is 4.72. The van der Waals surface area contributed by atoms with Crippen LogP contribution in [0.5, 0.6) is 11.5 Å². The van der Waals surface area contributed by atoms with Gasteiger partial charge in [-0.25, -0.2) is 0 Å². The Bertz CT molecular complexity index is 698. The van der Waals surface area contributed by atoms with Gasteiger partial charge in [-0.05, 0) is 42.3 Å². The van der Waals surface area contributed by atoms with Gasteiger partial charge in [0.25, 0.3) is 0 Å². The molecule has 1 fully saturated rings. The molecule has 0 atom stereocenters. The van der Waals surface area contributed by atoms with E-state index in [2.05, 4.69) is 0 Å². The van der Waals surface area contributed by atoms with Crippen LogP contribution < -0.4 is 4.74 Å². The Balaban J connectivity index is 1.43. The van der Waals surface area contributed by atoms with Crippen LogP contribution in [0.15, 0.2) is 48.5 Å². The highest BCUT2D eigenvalue weighted by molar-refractivity contribution is 6.30. The summed E-state index contributed by atoms with van der Waals surface area (Å²) >= 11 is 5.92. The summed E-state index contributed by atoms with van der Waals surface area (Å²) in [5, 5.41) is 10.1. The van der Waals surface area contributed by atoms with Crippen molar-refractivity contribution in [3.8, 4) is 11.5 Å². The van der Waals surface area contributed by atoms with Crippen molar-refractivity contribution < 1.29 is 14.6 Å². The molecule has 120 valence electrons. The summed E-state index contributed by atoms with van der Waals surface area (Å²) in [6.45, 7) is 1.21. The van der Waals surface area contributed by atoms with Gasteiger partial charge in [-0.1, -0.05) is 29.8 Å². The maximum atomic E-state index is 12.1. The minimum absolute atomic E-state index is 0.0261. The zero-order valence-corrected chi connectivity index (χ0v) is 13.4. The molecule has 3 rings (SSSR count). The first-order chi connectivity index (χ1) is 11.1. The van der Waals surface area contributed by atoms with E-state index in [0.717, 1.165) is 11.3 Å². The first-order valence-corrected chi connectivity index (χ1v) is 7.96. The molecule has 0 bridgehead atoms. The van der Waals surface area contributed by atoms with Gasteiger partial charge in [0, 0.05) is 11.4 Å². The van der Waals surface area contributed by atoms with Crippen molar-refractivity contribution in [1.29, 1.82) is 0 Å². The third-order valence-corrected chi connectivity index (χ3v) is 4.07. The van der Waals surface area contributed by atoms with Crippen LogP contribution in [-0.2, 0) is 11.2 Å². The monoisotopic (exact) mass is 331 g/mol. The minimum atomic E-state index is 0.0261. The fraction of sp³-hybridized carbons (Fsp3) is 0.278. The Morgan fingerprint density at radius 3 is 2.74 bits per heavy atom. The van der Waals surface area contributed by atoms with Crippen LogP contribution in [0, 0.1) is 0 Å². The Morgan fingerprint density at radius 1 is 1.22 bits per heavy atom. The van der Waals surface area contributed by atoms with Crippen LogP contribution in [0.2, 0.25) is 5.02 Å². The van der Waals surface area contributed by atoms with Crippen molar-refractivity contribution in [2.45, 2.75) is 18.9 Å². The third-order valence-electron chi connectivity index (χ3n) is 3.84. The molecule has 1 aliphatic rings. The van der Waals surface area contributed by atoms with Crippen LogP contribution in [0.3, 0.4) is 0 Å². The van der Waals surface area contributed by atoms with Crippen molar-refractivity contribution in [1.82, 2.24) is 4.90 Å². The highest BCUT2D eigenvalue weighted by Crippen LogP contribution is 2.22. The van der Waals surface area contributed by atoms with Crippen molar-refractivity contribution in [3.63, 3.8) is 0 Å². The van der Waals surface area contributed by atoms with Gasteiger partial charge in [0.05, 0.1) is 13.1 Å². The highest BCUT2D eigenvalue weighted by Gasteiger charge is 2.31. The van der Waals surface area contributed by atoms with E-state index in [0.29, 0.717) is 31.0 Å². The lowest BCUT2D eigenvalue weighted by Gasteiger charge is -2.39. The van der Waals surface area contributed by atoms with Gasteiger partial charge < -0.3 is 14.7 Å². The standard InChI is InChI=1S/C18H18ClNO3/c19-14-4-2-6-16(10-14)23-17-11-20(12-17)18(22)8-7-13-3-1-5-15(21)9-13/h1-6,9-10,17,21H,7-8,11-12H2. The first-order valence-electron chi connectivity index (χ1n) is 7.58. The fourth-order valence-corrected chi connectivity index (χ4v) is 2.75. The number of hydrogen-bond acceptors (Lipinski definition) is 3. The van der Waals surface area contributed by atoms with Crippen LogP contribution >= 0.6 is 11.6 Å². The number of phenolic OH excluding ortho intramolecular Hbond substituents is 1. The number of aromatic hydroxyl groups is 1. The average molecular weight is 332 g/mol. The molecule has 0 radical (unpaired) electrons. The minimum Gasteiger partial charge on any atom is -0.508 e. The van der Waals surface area contributed by atoms with E-state index < -0.39 is 0 Å². The van der Waals surface area contributed by atoms with E-state index >= 15 is 0 Å². The van der Waals surface area contributed by atoms with Crippen molar-refractivity contribution >= 4 is 17.5 Å². The molecular weight excluding hydrogens is 314 g/mol. The fourth-order valence-electron chi connectivity index (χ4n) is 2.57. The summed E-state index contributed by atoms with van der Waals surface area (Å²) in [7, 11) is 0.